The van der Waals surface area contributed by atoms with Crippen molar-refractivity contribution in [2.45, 2.75) is 43.8 Å². The highest BCUT2D eigenvalue weighted by Gasteiger charge is 2.44. The van der Waals surface area contributed by atoms with Gasteiger partial charge in [0.05, 0.1) is 23.8 Å². The quantitative estimate of drug-likeness (QED) is 0.626. The van der Waals surface area contributed by atoms with Gasteiger partial charge in [-0.25, -0.2) is 4.39 Å². The van der Waals surface area contributed by atoms with E-state index in [1.807, 2.05) is 0 Å². The van der Waals surface area contributed by atoms with E-state index >= 15 is 0 Å². The van der Waals surface area contributed by atoms with Crippen LogP contribution in [-0.2, 0) is 9.59 Å². The van der Waals surface area contributed by atoms with Gasteiger partial charge in [-0.05, 0) is 81.2 Å². The Bertz CT molecular complexity index is 1280. The topological polar surface area (TPSA) is 85.0 Å². The Balaban J connectivity index is 1.21. The largest absolute Gasteiger partial charge is 0.337 e. The number of hydrogen-bond donors (Lipinski definition) is 2. The number of amides is 3. The van der Waals surface area contributed by atoms with Crippen LogP contribution in [0.1, 0.15) is 36.0 Å². The van der Waals surface area contributed by atoms with Gasteiger partial charge in [0.25, 0.3) is 5.91 Å². The number of halogens is 2. The second kappa shape index (κ2) is 10.3. The molecule has 2 aromatic carbocycles. The fraction of sp³-hybridized carbons (Fsp3) is 0.464. The van der Waals surface area contributed by atoms with Gasteiger partial charge in [-0.2, -0.15) is 0 Å². The zero-order valence-corrected chi connectivity index (χ0v) is 21.8. The molecule has 2 atom stereocenters. The maximum Gasteiger partial charge on any atom is 0.256 e. The first-order valence-corrected chi connectivity index (χ1v) is 13.7. The van der Waals surface area contributed by atoms with Crippen LogP contribution in [0.2, 0.25) is 5.02 Å². The maximum atomic E-state index is 14.6. The average molecular weight is 540 g/mol. The van der Waals surface area contributed by atoms with Crippen LogP contribution in [0, 0.1) is 5.82 Å². The highest BCUT2D eigenvalue weighted by atomic mass is 35.5. The number of piperidine rings is 1. The molecule has 3 amide bonds. The number of likely N-dealkylation sites (tertiary alicyclic amines) is 1. The summed E-state index contributed by atoms with van der Waals surface area (Å²) in [7, 11) is 0. The fourth-order valence-corrected chi connectivity index (χ4v) is 6.54. The fourth-order valence-electron chi connectivity index (χ4n) is 6.38. The van der Waals surface area contributed by atoms with Crippen LogP contribution >= 0.6 is 11.6 Å². The zero-order valence-electron chi connectivity index (χ0n) is 21.1. The van der Waals surface area contributed by atoms with Gasteiger partial charge < -0.3 is 20.4 Å². The van der Waals surface area contributed by atoms with E-state index in [9.17, 15) is 18.8 Å². The van der Waals surface area contributed by atoms with Crippen molar-refractivity contribution in [3.8, 4) is 11.1 Å². The number of nitrogens with one attached hydrogen (secondary N) is 2. The first-order valence-electron chi connectivity index (χ1n) is 13.4. The number of benzene rings is 2. The third kappa shape index (κ3) is 4.57. The molecule has 2 N–H and O–H groups in total. The summed E-state index contributed by atoms with van der Waals surface area (Å²) < 4.78 is 14.6. The Morgan fingerprint density at radius 1 is 0.974 bits per heavy atom. The number of rotatable bonds is 3. The van der Waals surface area contributed by atoms with Gasteiger partial charge in [-0.15, -0.1) is 0 Å². The molecule has 0 bridgehead atoms. The molecule has 4 heterocycles. The number of fused-ring (bicyclic) bond motifs is 2. The van der Waals surface area contributed by atoms with Crippen LogP contribution in [0.25, 0.3) is 11.1 Å². The van der Waals surface area contributed by atoms with Crippen LogP contribution in [0.5, 0.6) is 0 Å². The number of carbonyl (C=O) groups excluding carboxylic acids is 3. The second-order valence-corrected chi connectivity index (χ2v) is 11.0. The molecule has 8 nitrogen and oxygen atoms in total. The van der Waals surface area contributed by atoms with Crippen molar-refractivity contribution in [3.05, 3.63) is 52.8 Å². The van der Waals surface area contributed by atoms with Gasteiger partial charge in [-0.1, -0.05) is 17.7 Å². The molecule has 10 heteroatoms. The van der Waals surface area contributed by atoms with Gasteiger partial charge in [0.1, 0.15) is 11.9 Å². The number of hydrogen-bond acceptors (Lipinski definition) is 5. The lowest BCUT2D eigenvalue weighted by molar-refractivity contribution is -0.140. The Kier molecular flexibility index (Phi) is 6.84. The van der Waals surface area contributed by atoms with Crippen LogP contribution < -0.4 is 10.6 Å². The molecule has 0 saturated carbocycles. The lowest BCUT2D eigenvalue weighted by Crippen LogP contribution is -2.62. The summed E-state index contributed by atoms with van der Waals surface area (Å²) in [5.74, 6) is -1.05. The minimum Gasteiger partial charge on any atom is -0.337 e. The Morgan fingerprint density at radius 2 is 1.79 bits per heavy atom. The number of anilines is 1. The molecule has 2 aromatic rings. The summed E-state index contributed by atoms with van der Waals surface area (Å²) in [6.07, 6.45) is 3.90. The van der Waals surface area contributed by atoms with Gasteiger partial charge >= 0.3 is 0 Å². The van der Waals surface area contributed by atoms with Crippen molar-refractivity contribution < 1.29 is 18.8 Å². The van der Waals surface area contributed by atoms with Crippen molar-refractivity contribution in [1.82, 2.24) is 20.0 Å². The molecule has 6 rings (SSSR count). The number of nitrogens with zero attached hydrogens (tertiary/aromatic N) is 3. The predicted molar refractivity (Wildman–Crippen MR) is 142 cm³/mol. The molecule has 38 heavy (non-hydrogen) atoms. The molecule has 3 fully saturated rings. The van der Waals surface area contributed by atoms with Crippen molar-refractivity contribution in [1.29, 1.82) is 0 Å². The van der Waals surface area contributed by atoms with Crippen molar-refractivity contribution in [3.63, 3.8) is 0 Å². The van der Waals surface area contributed by atoms with Gasteiger partial charge in [0.15, 0.2) is 0 Å². The van der Waals surface area contributed by atoms with E-state index in [1.54, 1.807) is 40.1 Å². The van der Waals surface area contributed by atoms with E-state index in [-0.39, 0.29) is 41.9 Å². The standard InChI is InChI=1S/C28H31ClFN5O3/c29-18-4-5-20(22(30)15-18)17-3-6-23-21(14-17)27(37)35-13-12-33(16-25(35)26(36)32-23)28(38)24-2-1-11-34(24)19-7-9-31-10-8-19/h3-6,14-15,19,24-25,31H,1-2,7-13,16H2,(H,32,36)/t24-,25-/m0/s1. The monoisotopic (exact) mass is 539 g/mol. The van der Waals surface area contributed by atoms with Crippen molar-refractivity contribution in [2.75, 3.05) is 44.6 Å². The predicted octanol–water partition coefficient (Wildman–Crippen LogP) is 2.97. The van der Waals surface area contributed by atoms with E-state index in [0.717, 1.165) is 45.3 Å². The van der Waals surface area contributed by atoms with E-state index in [0.29, 0.717) is 35.0 Å². The molecule has 0 aromatic heterocycles. The Hall–Kier alpha value is -3.01. The molecule has 0 unspecified atom stereocenters. The smallest absolute Gasteiger partial charge is 0.256 e. The van der Waals surface area contributed by atoms with E-state index in [2.05, 4.69) is 15.5 Å². The lowest BCUT2D eigenvalue weighted by atomic mass is 10.0. The minimum absolute atomic E-state index is 0.0585. The summed E-state index contributed by atoms with van der Waals surface area (Å²) in [5, 5.41) is 6.55. The number of piperazine rings is 1. The number of carbonyl (C=O) groups is 3. The summed E-state index contributed by atoms with van der Waals surface area (Å²) in [5.41, 5.74) is 1.54. The average Bonchev–Trinajstić information content (AvgIpc) is 3.39. The second-order valence-electron chi connectivity index (χ2n) is 10.5. The molecule has 0 aliphatic carbocycles. The molecular weight excluding hydrogens is 509 g/mol. The minimum atomic E-state index is -0.781. The molecule has 200 valence electrons. The summed E-state index contributed by atoms with van der Waals surface area (Å²) in [6.45, 7) is 3.68. The van der Waals surface area contributed by atoms with Crippen LogP contribution in [0.15, 0.2) is 36.4 Å². The highest BCUT2D eigenvalue weighted by Crippen LogP contribution is 2.33. The van der Waals surface area contributed by atoms with Gasteiger partial charge in [-0.3, -0.25) is 19.3 Å². The first-order chi connectivity index (χ1) is 18.4. The van der Waals surface area contributed by atoms with E-state index in [4.69, 9.17) is 11.6 Å². The third-order valence-electron chi connectivity index (χ3n) is 8.36. The first kappa shape index (κ1) is 25.3. The Labute approximate surface area is 226 Å². The third-order valence-corrected chi connectivity index (χ3v) is 8.60. The lowest BCUT2D eigenvalue weighted by Gasteiger charge is -2.42. The molecule has 4 aliphatic rings. The van der Waals surface area contributed by atoms with Crippen molar-refractivity contribution >= 4 is 35.0 Å². The van der Waals surface area contributed by atoms with E-state index in [1.165, 1.54) is 6.07 Å². The van der Waals surface area contributed by atoms with Crippen molar-refractivity contribution in [2.24, 2.45) is 0 Å². The molecular formula is C28H31ClFN5O3. The SMILES string of the molecule is O=C1Nc2ccc(-c3ccc(Cl)cc3F)cc2C(=O)N2CCN(C(=O)[C@@H]3CCCN3C3CCNCC3)C[C@@H]12. The summed E-state index contributed by atoms with van der Waals surface area (Å²) in [4.78, 5) is 46.2. The van der Waals surface area contributed by atoms with E-state index < -0.39 is 11.9 Å². The van der Waals surface area contributed by atoms with Crippen LogP contribution in [0.4, 0.5) is 10.1 Å². The highest BCUT2D eigenvalue weighted by molar-refractivity contribution is 6.30. The molecule has 0 radical (unpaired) electrons. The van der Waals surface area contributed by atoms with Gasteiger partial charge in [0.2, 0.25) is 11.8 Å². The zero-order chi connectivity index (χ0) is 26.4. The Morgan fingerprint density at radius 3 is 2.58 bits per heavy atom. The van der Waals surface area contributed by atoms with Crippen LogP contribution in [0.3, 0.4) is 0 Å². The summed E-state index contributed by atoms with van der Waals surface area (Å²) in [6, 6.07) is 8.78. The van der Waals surface area contributed by atoms with Gasteiger partial charge in [0, 0.05) is 29.7 Å². The molecule has 4 aliphatic heterocycles. The normalized spacial score (nSPS) is 24.6. The van der Waals surface area contributed by atoms with Crippen LogP contribution in [-0.4, -0.2) is 89.8 Å². The maximum absolute atomic E-state index is 14.6. The molecule has 0 spiro atoms. The summed E-state index contributed by atoms with van der Waals surface area (Å²) >= 11 is 5.90. The molecule has 3 saturated heterocycles.